The van der Waals surface area contributed by atoms with Gasteiger partial charge in [-0.15, -0.1) is 6.42 Å². The van der Waals surface area contributed by atoms with E-state index in [0.717, 1.165) is 0 Å². The fourth-order valence-corrected chi connectivity index (χ4v) is 1.11. The van der Waals surface area contributed by atoms with Gasteiger partial charge in [-0.3, -0.25) is 10.1 Å². The molecule has 1 aromatic carbocycles. The van der Waals surface area contributed by atoms with Crippen molar-refractivity contribution in [3.8, 4) is 12.3 Å². The molecule has 72 valence electrons. The van der Waals surface area contributed by atoms with Gasteiger partial charge in [-0.25, -0.2) is 0 Å². The molecule has 1 N–H and O–H groups in total. The molecule has 0 aromatic heterocycles. The van der Waals surface area contributed by atoms with Crippen molar-refractivity contribution in [3.63, 3.8) is 0 Å². The molecule has 0 spiro atoms. The Morgan fingerprint density at radius 2 is 2.21 bits per heavy atom. The molecule has 0 saturated carbocycles. The second-order valence-corrected chi connectivity index (χ2v) is 2.69. The Labute approximate surface area is 82.1 Å². The van der Waals surface area contributed by atoms with Gasteiger partial charge < -0.3 is 5.32 Å². The summed E-state index contributed by atoms with van der Waals surface area (Å²) in [6.07, 6.45) is 5.04. The van der Waals surface area contributed by atoms with Crippen LogP contribution in [0.15, 0.2) is 24.3 Å². The van der Waals surface area contributed by atoms with Crippen LogP contribution in [0.4, 0.5) is 5.69 Å². The van der Waals surface area contributed by atoms with E-state index >= 15 is 0 Å². The summed E-state index contributed by atoms with van der Waals surface area (Å²) >= 11 is 0. The summed E-state index contributed by atoms with van der Waals surface area (Å²) in [5, 5.41) is 13.5. The molecule has 0 aliphatic carbocycles. The molecule has 0 aliphatic rings. The zero-order valence-corrected chi connectivity index (χ0v) is 7.56. The highest BCUT2D eigenvalue weighted by Gasteiger charge is 2.10. The number of hydrogen-bond donors (Lipinski definition) is 1. The Balaban J connectivity index is 2.75. The molecule has 4 nitrogen and oxygen atoms in total. The first kappa shape index (κ1) is 10.2. The van der Waals surface area contributed by atoms with E-state index < -0.39 is 4.92 Å². The molecule has 0 aliphatic heterocycles. The lowest BCUT2D eigenvalue weighted by atomic mass is 10.2. The normalized spacial score (nSPS) is 9.36. The third-order valence-electron chi connectivity index (χ3n) is 1.73. The van der Waals surface area contributed by atoms with Gasteiger partial charge in [-0.1, -0.05) is 24.1 Å². The largest absolute Gasteiger partial charge is 0.302 e. The van der Waals surface area contributed by atoms with Crippen LogP contribution in [0.25, 0.3) is 0 Å². The maximum atomic E-state index is 10.6. The summed E-state index contributed by atoms with van der Waals surface area (Å²) in [6, 6.07) is 6.59. The molecule has 1 aromatic rings. The molecule has 0 radical (unpaired) electrons. The zero-order chi connectivity index (χ0) is 10.4. The first-order valence-corrected chi connectivity index (χ1v) is 4.12. The molecular formula is C10H10N2O2. The lowest BCUT2D eigenvalue weighted by Crippen LogP contribution is -2.14. The second-order valence-electron chi connectivity index (χ2n) is 2.69. The number of nitro benzene ring substituents is 1. The number of nitro groups is 1. The first-order valence-electron chi connectivity index (χ1n) is 4.12. The topological polar surface area (TPSA) is 55.2 Å². The molecule has 14 heavy (non-hydrogen) atoms. The third kappa shape index (κ3) is 2.57. The Bertz CT molecular complexity index is 369. The van der Waals surface area contributed by atoms with Gasteiger partial charge in [0.25, 0.3) is 5.69 Å². The summed E-state index contributed by atoms with van der Waals surface area (Å²) in [7, 11) is 0. The van der Waals surface area contributed by atoms with E-state index in [1.54, 1.807) is 18.2 Å². The SMILES string of the molecule is C#CCNCc1ccccc1[N+](=O)[O-]. The number of hydrogen-bond acceptors (Lipinski definition) is 3. The molecule has 4 heteroatoms. The molecule has 0 bridgehead atoms. The third-order valence-corrected chi connectivity index (χ3v) is 1.73. The van der Waals surface area contributed by atoms with Crippen LogP contribution in [0, 0.1) is 22.5 Å². The lowest BCUT2D eigenvalue weighted by molar-refractivity contribution is -0.385. The van der Waals surface area contributed by atoms with Crippen LogP contribution in [0.1, 0.15) is 5.56 Å². The monoisotopic (exact) mass is 190 g/mol. The average molecular weight is 190 g/mol. The van der Waals surface area contributed by atoms with Crippen molar-refractivity contribution in [2.45, 2.75) is 6.54 Å². The predicted molar refractivity (Wildman–Crippen MR) is 53.6 cm³/mol. The molecule has 0 heterocycles. The summed E-state index contributed by atoms with van der Waals surface area (Å²) < 4.78 is 0. The van der Waals surface area contributed by atoms with E-state index in [4.69, 9.17) is 6.42 Å². The molecule has 0 fully saturated rings. The van der Waals surface area contributed by atoms with Crippen molar-refractivity contribution in [1.29, 1.82) is 0 Å². The van der Waals surface area contributed by atoms with E-state index in [2.05, 4.69) is 11.2 Å². The summed E-state index contributed by atoms with van der Waals surface area (Å²) in [6.45, 7) is 0.827. The number of nitrogens with one attached hydrogen (secondary N) is 1. The zero-order valence-electron chi connectivity index (χ0n) is 7.56. The van der Waals surface area contributed by atoms with Crippen LogP contribution in [-0.4, -0.2) is 11.5 Å². The van der Waals surface area contributed by atoms with Crippen LogP contribution >= 0.6 is 0 Å². The van der Waals surface area contributed by atoms with E-state index in [0.29, 0.717) is 18.7 Å². The van der Waals surface area contributed by atoms with Crippen molar-refractivity contribution in [3.05, 3.63) is 39.9 Å². The molecule has 0 atom stereocenters. The summed E-state index contributed by atoms with van der Waals surface area (Å²) in [5.41, 5.74) is 0.768. The van der Waals surface area contributed by atoms with Gasteiger partial charge in [0.05, 0.1) is 11.5 Å². The van der Waals surface area contributed by atoms with Crippen LogP contribution in [0.2, 0.25) is 0 Å². The van der Waals surface area contributed by atoms with Crippen molar-refractivity contribution in [2.75, 3.05) is 6.54 Å². The minimum Gasteiger partial charge on any atom is -0.302 e. The highest BCUT2D eigenvalue weighted by atomic mass is 16.6. The number of rotatable bonds is 4. The van der Waals surface area contributed by atoms with Crippen molar-refractivity contribution in [2.24, 2.45) is 0 Å². The minimum absolute atomic E-state index is 0.122. The van der Waals surface area contributed by atoms with Crippen molar-refractivity contribution >= 4 is 5.69 Å². The Kier molecular flexibility index (Phi) is 3.65. The second kappa shape index (κ2) is 5.00. The maximum absolute atomic E-state index is 10.6. The number of para-hydroxylation sites is 1. The predicted octanol–water partition coefficient (Wildman–Crippen LogP) is 1.32. The standard InChI is InChI=1S/C10H10N2O2/c1-2-7-11-8-9-5-3-4-6-10(9)12(13)14/h1,3-6,11H,7-8H2. The Hall–Kier alpha value is -1.86. The van der Waals surface area contributed by atoms with Crippen molar-refractivity contribution < 1.29 is 4.92 Å². The van der Waals surface area contributed by atoms with E-state index in [1.807, 2.05) is 0 Å². The van der Waals surface area contributed by atoms with Gasteiger partial charge in [0.15, 0.2) is 0 Å². The van der Waals surface area contributed by atoms with Crippen LogP contribution in [0.3, 0.4) is 0 Å². The lowest BCUT2D eigenvalue weighted by Gasteiger charge is -2.01. The number of nitrogens with zero attached hydrogens (tertiary/aromatic N) is 1. The smallest absolute Gasteiger partial charge is 0.273 e. The van der Waals surface area contributed by atoms with Gasteiger partial charge in [-0.05, 0) is 0 Å². The number of benzene rings is 1. The Morgan fingerprint density at radius 1 is 1.50 bits per heavy atom. The number of terminal acetylenes is 1. The quantitative estimate of drug-likeness (QED) is 0.337. The van der Waals surface area contributed by atoms with Crippen molar-refractivity contribution in [1.82, 2.24) is 5.32 Å². The average Bonchev–Trinajstić information content (AvgIpc) is 2.19. The van der Waals surface area contributed by atoms with Crippen LogP contribution in [0.5, 0.6) is 0 Å². The highest BCUT2D eigenvalue weighted by Crippen LogP contribution is 2.16. The summed E-state index contributed by atoms with van der Waals surface area (Å²) in [5.74, 6) is 2.41. The highest BCUT2D eigenvalue weighted by molar-refractivity contribution is 5.39. The molecule has 0 amide bonds. The van der Waals surface area contributed by atoms with Crippen LogP contribution in [-0.2, 0) is 6.54 Å². The van der Waals surface area contributed by atoms with Gasteiger partial charge in [0.1, 0.15) is 0 Å². The van der Waals surface area contributed by atoms with E-state index in [1.165, 1.54) is 6.07 Å². The van der Waals surface area contributed by atoms with Gasteiger partial charge in [0, 0.05) is 18.2 Å². The van der Waals surface area contributed by atoms with Gasteiger partial charge in [0.2, 0.25) is 0 Å². The molecule has 0 saturated heterocycles. The molecule has 0 unspecified atom stereocenters. The first-order chi connectivity index (χ1) is 6.75. The van der Waals surface area contributed by atoms with Crippen LogP contribution < -0.4 is 5.32 Å². The maximum Gasteiger partial charge on any atom is 0.273 e. The summed E-state index contributed by atoms with van der Waals surface area (Å²) in [4.78, 5) is 10.2. The minimum atomic E-state index is -0.396. The van der Waals surface area contributed by atoms with E-state index in [9.17, 15) is 10.1 Å². The fourth-order valence-electron chi connectivity index (χ4n) is 1.11. The van der Waals surface area contributed by atoms with E-state index in [-0.39, 0.29) is 5.69 Å². The fraction of sp³-hybridized carbons (Fsp3) is 0.200. The van der Waals surface area contributed by atoms with Gasteiger partial charge in [-0.2, -0.15) is 0 Å². The Morgan fingerprint density at radius 3 is 2.86 bits per heavy atom. The van der Waals surface area contributed by atoms with Gasteiger partial charge >= 0.3 is 0 Å². The molecular weight excluding hydrogens is 180 g/mol. The molecule has 1 rings (SSSR count).